The van der Waals surface area contributed by atoms with Crippen LogP contribution in [-0.2, 0) is 11.8 Å². The van der Waals surface area contributed by atoms with Gasteiger partial charge in [0.1, 0.15) is 5.78 Å². The zero-order valence-corrected chi connectivity index (χ0v) is 12.2. The number of hydrogen-bond donors (Lipinski definition) is 0. The molecule has 0 saturated heterocycles. The molecule has 0 bridgehead atoms. The van der Waals surface area contributed by atoms with Gasteiger partial charge < -0.3 is 4.57 Å². The van der Waals surface area contributed by atoms with Crippen molar-refractivity contribution in [1.29, 1.82) is 0 Å². The lowest BCUT2D eigenvalue weighted by atomic mass is 10.1. The third-order valence-corrected chi connectivity index (χ3v) is 3.82. The van der Waals surface area contributed by atoms with Crippen LogP contribution in [0.3, 0.4) is 0 Å². The Bertz CT molecular complexity index is 592. The molecule has 0 amide bonds. The molecule has 1 aromatic heterocycles. The highest BCUT2D eigenvalue weighted by Crippen LogP contribution is 2.23. The second-order valence-corrected chi connectivity index (χ2v) is 5.60. The SMILES string of the molecule is CC(=O)CCSc1nnc(-c2cccc(C)c2)n1C. The van der Waals surface area contributed by atoms with E-state index in [2.05, 4.69) is 29.3 Å². The summed E-state index contributed by atoms with van der Waals surface area (Å²) in [6.07, 6.45) is 0.567. The van der Waals surface area contributed by atoms with Crippen molar-refractivity contribution < 1.29 is 4.79 Å². The van der Waals surface area contributed by atoms with E-state index in [0.29, 0.717) is 6.42 Å². The molecule has 0 radical (unpaired) electrons. The van der Waals surface area contributed by atoms with E-state index in [-0.39, 0.29) is 5.78 Å². The fourth-order valence-electron chi connectivity index (χ4n) is 1.76. The Hall–Kier alpha value is -1.62. The van der Waals surface area contributed by atoms with E-state index in [4.69, 9.17) is 0 Å². The summed E-state index contributed by atoms with van der Waals surface area (Å²) in [4.78, 5) is 10.9. The van der Waals surface area contributed by atoms with Crippen LogP contribution in [0.25, 0.3) is 11.4 Å². The number of nitrogens with zero attached hydrogens (tertiary/aromatic N) is 3. The summed E-state index contributed by atoms with van der Waals surface area (Å²) < 4.78 is 1.97. The summed E-state index contributed by atoms with van der Waals surface area (Å²) in [6.45, 7) is 3.66. The number of carbonyl (C=O) groups excluding carboxylic acids is 1. The van der Waals surface area contributed by atoms with Crippen LogP contribution in [0.4, 0.5) is 0 Å². The van der Waals surface area contributed by atoms with Crippen molar-refractivity contribution in [1.82, 2.24) is 14.8 Å². The lowest BCUT2D eigenvalue weighted by Gasteiger charge is -2.04. The maximum atomic E-state index is 10.9. The minimum Gasteiger partial charge on any atom is -0.305 e. The highest BCUT2D eigenvalue weighted by atomic mass is 32.2. The number of aryl methyl sites for hydroxylation is 1. The topological polar surface area (TPSA) is 47.8 Å². The van der Waals surface area contributed by atoms with Gasteiger partial charge in [-0.3, -0.25) is 4.79 Å². The first-order chi connectivity index (χ1) is 9.08. The smallest absolute Gasteiger partial charge is 0.191 e. The van der Waals surface area contributed by atoms with Crippen LogP contribution in [0.5, 0.6) is 0 Å². The summed E-state index contributed by atoms with van der Waals surface area (Å²) in [5.74, 6) is 1.80. The van der Waals surface area contributed by atoms with E-state index in [0.717, 1.165) is 22.3 Å². The second-order valence-electron chi connectivity index (χ2n) is 4.54. The Morgan fingerprint density at radius 3 is 2.84 bits per heavy atom. The van der Waals surface area contributed by atoms with Crippen molar-refractivity contribution >= 4 is 17.5 Å². The molecule has 1 aromatic carbocycles. The number of benzene rings is 1. The predicted octanol–water partition coefficient (Wildman–Crippen LogP) is 2.86. The van der Waals surface area contributed by atoms with E-state index in [9.17, 15) is 4.79 Å². The van der Waals surface area contributed by atoms with Gasteiger partial charge in [-0.05, 0) is 19.9 Å². The van der Waals surface area contributed by atoms with Crippen LogP contribution in [0.1, 0.15) is 18.9 Å². The van der Waals surface area contributed by atoms with Gasteiger partial charge in [0.05, 0.1) is 0 Å². The van der Waals surface area contributed by atoms with Gasteiger partial charge in [0.25, 0.3) is 0 Å². The van der Waals surface area contributed by atoms with Crippen molar-refractivity contribution in [3.8, 4) is 11.4 Å². The molecule has 0 fully saturated rings. The third-order valence-electron chi connectivity index (χ3n) is 2.80. The Balaban J connectivity index is 2.16. The lowest BCUT2D eigenvalue weighted by Crippen LogP contribution is -1.97. The zero-order valence-electron chi connectivity index (χ0n) is 11.4. The monoisotopic (exact) mass is 275 g/mol. The Morgan fingerprint density at radius 2 is 2.16 bits per heavy atom. The molecule has 0 atom stereocenters. The lowest BCUT2D eigenvalue weighted by molar-refractivity contribution is -0.116. The largest absolute Gasteiger partial charge is 0.305 e. The molecule has 0 N–H and O–H groups in total. The van der Waals surface area contributed by atoms with Gasteiger partial charge in [-0.1, -0.05) is 35.5 Å². The minimum absolute atomic E-state index is 0.202. The van der Waals surface area contributed by atoms with Crippen molar-refractivity contribution in [2.45, 2.75) is 25.4 Å². The van der Waals surface area contributed by atoms with Crippen molar-refractivity contribution in [2.24, 2.45) is 7.05 Å². The van der Waals surface area contributed by atoms with Gasteiger partial charge in [-0.15, -0.1) is 10.2 Å². The predicted molar refractivity (Wildman–Crippen MR) is 77.2 cm³/mol. The van der Waals surface area contributed by atoms with Crippen molar-refractivity contribution in [3.05, 3.63) is 29.8 Å². The van der Waals surface area contributed by atoms with Crippen molar-refractivity contribution in [3.63, 3.8) is 0 Å². The highest BCUT2D eigenvalue weighted by molar-refractivity contribution is 7.99. The summed E-state index contributed by atoms with van der Waals surface area (Å²) in [5.41, 5.74) is 2.26. The molecule has 100 valence electrons. The summed E-state index contributed by atoms with van der Waals surface area (Å²) in [6, 6.07) is 8.19. The fourth-order valence-corrected chi connectivity index (χ4v) is 2.71. The first-order valence-corrected chi connectivity index (χ1v) is 7.15. The van der Waals surface area contributed by atoms with Crippen LogP contribution in [-0.4, -0.2) is 26.3 Å². The van der Waals surface area contributed by atoms with Gasteiger partial charge in [-0.2, -0.15) is 0 Å². The molecule has 2 aromatic rings. The molecule has 0 saturated carbocycles. The number of thioether (sulfide) groups is 1. The molecule has 1 heterocycles. The molecular weight excluding hydrogens is 258 g/mol. The average Bonchev–Trinajstić information content (AvgIpc) is 2.71. The van der Waals surface area contributed by atoms with Crippen LogP contribution >= 0.6 is 11.8 Å². The van der Waals surface area contributed by atoms with E-state index >= 15 is 0 Å². The van der Waals surface area contributed by atoms with Crippen LogP contribution < -0.4 is 0 Å². The first kappa shape index (κ1) is 13.8. The van der Waals surface area contributed by atoms with E-state index in [1.165, 1.54) is 5.56 Å². The molecule has 2 rings (SSSR count). The normalized spacial score (nSPS) is 10.7. The number of carbonyl (C=O) groups is 1. The third kappa shape index (κ3) is 3.44. The summed E-state index contributed by atoms with van der Waals surface area (Å²) in [5, 5.41) is 9.26. The molecule has 0 aliphatic carbocycles. The summed E-state index contributed by atoms with van der Waals surface area (Å²) in [7, 11) is 1.95. The van der Waals surface area contributed by atoms with Gasteiger partial charge in [0.2, 0.25) is 0 Å². The fraction of sp³-hybridized carbons (Fsp3) is 0.357. The number of ketones is 1. The molecule has 0 spiro atoms. The first-order valence-electron chi connectivity index (χ1n) is 6.16. The quantitative estimate of drug-likeness (QED) is 0.787. The average molecular weight is 275 g/mol. The minimum atomic E-state index is 0.202. The van der Waals surface area contributed by atoms with Gasteiger partial charge in [0.15, 0.2) is 11.0 Å². The molecule has 4 nitrogen and oxygen atoms in total. The summed E-state index contributed by atoms with van der Waals surface area (Å²) >= 11 is 1.56. The maximum Gasteiger partial charge on any atom is 0.191 e. The van der Waals surface area contributed by atoms with Crippen molar-refractivity contribution in [2.75, 3.05) is 5.75 Å². The number of rotatable bonds is 5. The number of aromatic nitrogens is 3. The van der Waals surface area contributed by atoms with E-state index in [1.807, 2.05) is 23.7 Å². The maximum absolute atomic E-state index is 10.9. The Morgan fingerprint density at radius 1 is 1.37 bits per heavy atom. The molecule has 0 unspecified atom stereocenters. The molecular formula is C14H17N3OS. The zero-order chi connectivity index (χ0) is 13.8. The van der Waals surface area contributed by atoms with Gasteiger partial charge in [-0.25, -0.2) is 0 Å². The highest BCUT2D eigenvalue weighted by Gasteiger charge is 2.11. The Labute approximate surface area is 117 Å². The molecule has 19 heavy (non-hydrogen) atoms. The molecule has 0 aliphatic heterocycles. The van der Waals surface area contributed by atoms with Crippen LogP contribution in [0, 0.1) is 6.92 Å². The van der Waals surface area contributed by atoms with Crippen LogP contribution in [0.15, 0.2) is 29.4 Å². The molecule has 0 aliphatic rings. The number of hydrogen-bond acceptors (Lipinski definition) is 4. The van der Waals surface area contributed by atoms with Gasteiger partial charge >= 0.3 is 0 Å². The standard InChI is InChI=1S/C14H17N3OS/c1-10-5-4-6-12(9-10)13-15-16-14(17(13)3)19-8-7-11(2)18/h4-6,9H,7-8H2,1-3H3. The van der Waals surface area contributed by atoms with Gasteiger partial charge in [0, 0.05) is 24.8 Å². The van der Waals surface area contributed by atoms with E-state index < -0.39 is 0 Å². The van der Waals surface area contributed by atoms with Crippen LogP contribution in [0.2, 0.25) is 0 Å². The Kier molecular flexibility index (Phi) is 4.37. The number of Topliss-reactive ketones (excluding diaryl/α,β-unsaturated/α-hetero) is 1. The second kappa shape index (κ2) is 6.02. The molecule has 5 heteroatoms. The van der Waals surface area contributed by atoms with E-state index in [1.54, 1.807) is 18.7 Å².